The molecule has 4 rings (SSSR count). The van der Waals surface area contributed by atoms with Crippen molar-refractivity contribution in [3.05, 3.63) is 69.1 Å². The minimum absolute atomic E-state index is 0.0170. The number of carbonyl (C=O) groups excluding carboxylic acids is 1. The van der Waals surface area contributed by atoms with E-state index >= 15 is 0 Å². The summed E-state index contributed by atoms with van der Waals surface area (Å²) in [5.74, 6) is 0.139. The highest BCUT2D eigenvalue weighted by Crippen LogP contribution is 2.40. The Bertz CT molecular complexity index is 1160. The zero-order chi connectivity index (χ0) is 20.7. The van der Waals surface area contributed by atoms with Crippen LogP contribution in [-0.4, -0.2) is 29.1 Å². The molecule has 2 heterocycles. The highest BCUT2D eigenvalue weighted by Gasteiger charge is 2.42. The number of amides is 1. The molecule has 0 radical (unpaired) electrons. The van der Waals surface area contributed by atoms with Crippen molar-refractivity contribution in [2.75, 3.05) is 13.2 Å². The quantitative estimate of drug-likeness (QED) is 0.704. The maximum Gasteiger partial charge on any atom is 0.290 e. The number of phenols is 1. The van der Waals surface area contributed by atoms with Gasteiger partial charge in [0.15, 0.2) is 16.9 Å². The van der Waals surface area contributed by atoms with Gasteiger partial charge in [-0.15, -0.1) is 0 Å². The summed E-state index contributed by atoms with van der Waals surface area (Å²) in [4.78, 5) is 28.2. The number of carbonyl (C=O) groups is 1. The summed E-state index contributed by atoms with van der Waals surface area (Å²) in [5.41, 5.74) is 2.19. The predicted molar refractivity (Wildman–Crippen MR) is 110 cm³/mol. The van der Waals surface area contributed by atoms with E-state index in [0.717, 1.165) is 12.0 Å². The molecule has 0 saturated heterocycles. The minimum atomic E-state index is -0.585. The van der Waals surface area contributed by atoms with E-state index in [1.54, 1.807) is 29.2 Å². The smallest absolute Gasteiger partial charge is 0.290 e. The molecule has 3 aromatic rings. The van der Waals surface area contributed by atoms with E-state index < -0.39 is 6.04 Å². The molecule has 1 aliphatic heterocycles. The average Bonchev–Trinajstić information content (AvgIpc) is 2.97. The van der Waals surface area contributed by atoms with Crippen molar-refractivity contribution in [3.8, 4) is 11.5 Å². The summed E-state index contributed by atoms with van der Waals surface area (Å²) < 4.78 is 11.4. The van der Waals surface area contributed by atoms with Gasteiger partial charge in [0.25, 0.3) is 5.91 Å². The van der Waals surface area contributed by atoms with Crippen LogP contribution in [0.5, 0.6) is 11.5 Å². The fourth-order valence-electron chi connectivity index (χ4n) is 3.92. The summed E-state index contributed by atoms with van der Waals surface area (Å²) in [6, 6.07) is 9.71. The highest BCUT2D eigenvalue weighted by molar-refractivity contribution is 5.99. The lowest BCUT2D eigenvalue weighted by Crippen LogP contribution is -2.30. The Morgan fingerprint density at radius 2 is 1.93 bits per heavy atom. The largest absolute Gasteiger partial charge is 0.504 e. The highest BCUT2D eigenvalue weighted by atomic mass is 16.5. The summed E-state index contributed by atoms with van der Waals surface area (Å²) in [7, 11) is 0. The average molecular weight is 393 g/mol. The summed E-state index contributed by atoms with van der Waals surface area (Å²) in [6.07, 6.45) is 0.736. The molecule has 150 valence electrons. The lowest BCUT2D eigenvalue weighted by Gasteiger charge is -2.25. The van der Waals surface area contributed by atoms with Crippen LogP contribution in [0.15, 0.2) is 45.6 Å². The molecule has 0 saturated carbocycles. The molecular formula is C23H23NO5. The van der Waals surface area contributed by atoms with Gasteiger partial charge in [-0.2, -0.15) is 0 Å². The third-order valence-electron chi connectivity index (χ3n) is 5.19. The minimum Gasteiger partial charge on any atom is -0.504 e. The van der Waals surface area contributed by atoms with Crippen molar-refractivity contribution in [3.63, 3.8) is 0 Å². The van der Waals surface area contributed by atoms with E-state index in [-0.39, 0.29) is 22.8 Å². The zero-order valence-corrected chi connectivity index (χ0v) is 16.7. The topological polar surface area (TPSA) is 80.0 Å². The van der Waals surface area contributed by atoms with E-state index in [4.69, 9.17) is 9.15 Å². The number of aromatic hydroxyl groups is 1. The maximum absolute atomic E-state index is 13.4. The third kappa shape index (κ3) is 3.05. The molecule has 0 fully saturated rings. The van der Waals surface area contributed by atoms with Crippen LogP contribution in [0, 0.1) is 6.92 Å². The summed E-state index contributed by atoms with van der Waals surface area (Å²) in [6.45, 7) is 6.58. The molecule has 6 heteroatoms. The molecule has 6 nitrogen and oxygen atoms in total. The SMILES string of the molecule is CCCN1C(=O)c2oc3ccc(C)cc3c(=O)c2C1c1ccc(O)c(OCC)c1. The third-order valence-corrected chi connectivity index (χ3v) is 5.19. The monoisotopic (exact) mass is 393 g/mol. The molecule has 1 aromatic heterocycles. The van der Waals surface area contributed by atoms with Crippen LogP contribution >= 0.6 is 0 Å². The van der Waals surface area contributed by atoms with Crippen LogP contribution in [-0.2, 0) is 0 Å². The number of nitrogens with zero attached hydrogens (tertiary/aromatic N) is 1. The van der Waals surface area contributed by atoms with Gasteiger partial charge in [-0.1, -0.05) is 24.6 Å². The molecule has 29 heavy (non-hydrogen) atoms. The molecule has 2 aromatic carbocycles. The number of aryl methyl sites for hydroxylation is 1. The first-order chi connectivity index (χ1) is 14.0. The van der Waals surface area contributed by atoms with Crippen LogP contribution in [0.2, 0.25) is 0 Å². The van der Waals surface area contributed by atoms with E-state index in [1.807, 2.05) is 26.8 Å². The van der Waals surface area contributed by atoms with Crippen molar-refractivity contribution in [2.45, 2.75) is 33.2 Å². The van der Waals surface area contributed by atoms with Gasteiger partial charge in [-0.3, -0.25) is 9.59 Å². The van der Waals surface area contributed by atoms with Gasteiger partial charge in [-0.05, 0) is 50.1 Å². The second kappa shape index (κ2) is 7.28. The summed E-state index contributed by atoms with van der Waals surface area (Å²) >= 11 is 0. The van der Waals surface area contributed by atoms with Crippen molar-refractivity contribution in [1.29, 1.82) is 0 Å². The molecular weight excluding hydrogens is 370 g/mol. The Morgan fingerprint density at radius 3 is 2.66 bits per heavy atom. The number of benzene rings is 2. The fraction of sp³-hybridized carbons (Fsp3) is 0.304. The van der Waals surface area contributed by atoms with Gasteiger partial charge in [0.05, 0.1) is 23.6 Å². The number of hydrogen-bond donors (Lipinski definition) is 1. The predicted octanol–water partition coefficient (Wildman–Crippen LogP) is 4.16. The van der Waals surface area contributed by atoms with Gasteiger partial charge < -0.3 is 19.2 Å². The first-order valence-electron chi connectivity index (χ1n) is 9.80. The molecule has 1 unspecified atom stereocenters. The Labute approximate surface area is 168 Å². The summed E-state index contributed by atoms with van der Waals surface area (Å²) in [5, 5.41) is 10.5. The van der Waals surface area contributed by atoms with E-state index in [1.165, 1.54) is 6.07 Å². The lowest BCUT2D eigenvalue weighted by molar-refractivity contribution is 0.0728. The first-order valence-corrected chi connectivity index (χ1v) is 9.80. The van der Waals surface area contributed by atoms with Gasteiger partial charge in [0.2, 0.25) is 5.76 Å². The standard InChI is InChI=1S/C23H23NO5/c1-4-10-24-20(14-7-8-16(25)18(12-14)28-5-2)19-21(26)15-11-13(3)6-9-17(15)29-22(19)23(24)27/h6-9,11-12,20,25H,4-5,10H2,1-3H3. The zero-order valence-electron chi connectivity index (χ0n) is 16.7. The number of ether oxygens (including phenoxy) is 1. The van der Waals surface area contributed by atoms with Crippen LogP contribution in [0.1, 0.15) is 53.6 Å². The second-order valence-electron chi connectivity index (χ2n) is 7.23. The second-order valence-corrected chi connectivity index (χ2v) is 7.23. The number of rotatable bonds is 5. The molecule has 0 spiro atoms. The van der Waals surface area contributed by atoms with Crippen molar-refractivity contribution in [2.24, 2.45) is 0 Å². The van der Waals surface area contributed by atoms with Crippen LogP contribution in [0.25, 0.3) is 11.0 Å². The van der Waals surface area contributed by atoms with Crippen molar-refractivity contribution in [1.82, 2.24) is 4.90 Å². The van der Waals surface area contributed by atoms with Crippen molar-refractivity contribution < 1.29 is 19.1 Å². The Hall–Kier alpha value is -3.28. The normalized spacial score (nSPS) is 15.8. The molecule has 0 bridgehead atoms. The Balaban J connectivity index is 1.98. The van der Waals surface area contributed by atoms with Gasteiger partial charge in [0.1, 0.15) is 5.58 Å². The first kappa shape index (κ1) is 19.1. The number of fused-ring (bicyclic) bond motifs is 2. The van der Waals surface area contributed by atoms with E-state index in [0.29, 0.717) is 41.0 Å². The van der Waals surface area contributed by atoms with E-state index in [9.17, 15) is 14.7 Å². The van der Waals surface area contributed by atoms with Gasteiger partial charge in [0, 0.05) is 6.54 Å². The fourth-order valence-corrected chi connectivity index (χ4v) is 3.92. The molecule has 1 aliphatic rings. The maximum atomic E-state index is 13.4. The lowest BCUT2D eigenvalue weighted by atomic mass is 9.97. The van der Waals surface area contributed by atoms with Crippen LogP contribution < -0.4 is 10.2 Å². The van der Waals surface area contributed by atoms with Gasteiger partial charge in [-0.25, -0.2) is 0 Å². The molecule has 1 atom stereocenters. The van der Waals surface area contributed by atoms with E-state index in [2.05, 4.69) is 0 Å². The molecule has 0 aliphatic carbocycles. The molecule has 1 N–H and O–H groups in total. The Kier molecular flexibility index (Phi) is 4.78. The number of hydrogen-bond acceptors (Lipinski definition) is 5. The van der Waals surface area contributed by atoms with Gasteiger partial charge >= 0.3 is 0 Å². The van der Waals surface area contributed by atoms with Crippen molar-refractivity contribution >= 4 is 16.9 Å². The number of phenolic OH excluding ortho intramolecular Hbond substituents is 1. The van der Waals surface area contributed by atoms with Crippen LogP contribution in [0.4, 0.5) is 0 Å². The van der Waals surface area contributed by atoms with Crippen LogP contribution in [0.3, 0.4) is 0 Å². The molecule has 1 amide bonds. The Morgan fingerprint density at radius 1 is 1.14 bits per heavy atom.